The average molecular weight is 370 g/mol. The van der Waals surface area contributed by atoms with E-state index in [0.29, 0.717) is 0 Å². The van der Waals surface area contributed by atoms with Crippen LogP contribution < -0.4 is 0 Å². The van der Waals surface area contributed by atoms with Gasteiger partial charge in [-0.05, 0) is 29.7 Å². The first-order valence-corrected chi connectivity index (χ1v) is 9.57. The molecule has 0 spiro atoms. The van der Waals surface area contributed by atoms with Crippen LogP contribution >= 0.6 is 23.4 Å². The van der Waals surface area contributed by atoms with Crippen molar-refractivity contribution in [3.8, 4) is 0 Å². The Morgan fingerprint density at radius 1 is 0.960 bits per heavy atom. The maximum atomic E-state index is 5.94. The Morgan fingerprint density at radius 3 is 2.44 bits per heavy atom. The third-order valence-corrected chi connectivity index (χ3v) is 5.16. The second kappa shape index (κ2) is 8.88. The number of aryl methyl sites for hydroxylation is 2. The van der Waals surface area contributed by atoms with Crippen LogP contribution in [0.2, 0.25) is 5.02 Å². The van der Waals surface area contributed by atoms with Crippen LogP contribution in [0.15, 0.2) is 72.4 Å². The van der Waals surface area contributed by atoms with Gasteiger partial charge in [0.05, 0.1) is 0 Å². The number of nitrogens with zero attached hydrogens (tertiary/aromatic N) is 3. The van der Waals surface area contributed by atoms with Gasteiger partial charge in [0.1, 0.15) is 5.82 Å². The highest BCUT2D eigenvalue weighted by Gasteiger charge is 2.12. The van der Waals surface area contributed by atoms with Crippen LogP contribution in [-0.4, -0.2) is 14.8 Å². The Bertz CT molecular complexity index is 813. The lowest BCUT2D eigenvalue weighted by molar-refractivity contribution is 0.673. The highest BCUT2D eigenvalue weighted by atomic mass is 35.5. The molecular weight excluding hydrogens is 350 g/mol. The van der Waals surface area contributed by atoms with Crippen molar-refractivity contribution in [1.29, 1.82) is 0 Å². The Labute approximate surface area is 157 Å². The highest BCUT2D eigenvalue weighted by molar-refractivity contribution is 7.98. The molecule has 1 aromatic heterocycles. The van der Waals surface area contributed by atoms with Gasteiger partial charge in [-0.3, -0.25) is 0 Å². The summed E-state index contributed by atoms with van der Waals surface area (Å²) in [7, 11) is 0. The van der Waals surface area contributed by atoms with Gasteiger partial charge in [0.15, 0.2) is 5.16 Å². The van der Waals surface area contributed by atoms with Gasteiger partial charge in [-0.2, -0.15) is 0 Å². The molecule has 25 heavy (non-hydrogen) atoms. The van der Waals surface area contributed by atoms with Crippen LogP contribution in [0.5, 0.6) is 0 Å². The number of rotatable bonds is 8. The molecule has 3 rings (SSSR count). The topological polar surface area (TPSA) is 30.7 Å². The van der Waals surface area contributed by atoms with Gasteiger partial charge in [-0.15, -0.1) is 16.8 Å². The van der Waals surface area contributed by atoms with Crippen LogP contribution in [0.1, 0.15) is 17.0 Å². The molecule has 128 valence electrons. The fraction of sp³-hybridized carbons (Fsp3) is 0.200. The van der Waals surface area contributed by atoms with Crippen molar-refractivity contribution >= 4 is 23.4 Å². The van der Waals surface area contributed by atoms with Crippen molar-refractivity contribution in [2.75, 3.05) is 0 Å². The first-order chi connectivity index (χ1) is 12.3. The SMILES string of the molecule is C=CCn1c(CCc2ccccc2)nnc1SCc1ccc(Cl)cc1. The number of allylic oxidation sites excluding steroid dienone is 1. The summed E-state index contributed by atoms with van der Waals surface area (Å²) in [5, 5.41) is 10.5. The molecule has 0 bridgehead atoms. The van der Waals surface area contributed by atoms with Crippen LogP contribution in [0.25, 0.3) is 0 Å². The van der Waals surface area contributed by atoms with E-state index in [9.17, 15) is 0 Å². The summed E-state index contributed by atoms with van der Waals surface area (Å²) in [4.78, 5) is 0. The number of benzene rings is 2. The van der Waals surface area contributed by atoms with Gasteiger partial charge in [0, 0.05) is 23.7 Å². The third kappa shape index (κ3) is 4.97. The fourth-order valence-electron chi connectivity index (χ4n) is 2.55. The molecule has 5 heteroatoms. The Kier molecular flexibility index (Phi) is 6.31. The van der Waals surface area contributed by atoms with Gasteiger partial charge in [0.2, 0.25) is 0 Å². The smallest absolute Gasteiger partial charge is 0.191 e. The van der Waals surface area contributed by atoms with Gasteiger partial charge < -0.3 is 4.57 Å². The van der Waals surface area contributed by atoms with Gasteiger partial charge >= 0.3 is 0 Å². The lowest BCUT2D eigenvalue weighted by Crippen LogP contribution is -2.05. The van der Waals surface area contributed by atoms with Crippen molar-refractivity contribution in [1.82, 2.24) is 14.8 Å². The number of hydrogen-bond donors (Lipinski definition) is 0. The maximum absolute atomic E-state index is 5.94. The molecule has 0 N–H and O–H groups in total. The molecule has 0 atom stereocenters. The van der Waals surface area contributed by atoms with Crippen molar-refractivity contribution < 1.29 is 0 Å². The summed E-state index contributed by atoms with van der Waals surface area (Å²) < 4.78 is 2.15. The minimum absolute atomic E-state index is 0.722. The largest absolute Gasteiger partial charge is 0.302 e. The number of aromatic nitrogens is 3. The molecule has 0 saturated heterocycles. The molecule has 0 saturated carbocycles. The summed E-state index contributed by atoms with van der Waals surface area (Å²) in [6.45, 7) is 4.59. The summed E-state index contributed by atoms with van der Waals surface area (Å²) in [5.74, 6) is 1.84. The van der Waals surface area contributed by atoms with Crippen molar-refractivity contribution in [3.05, 3.63) is 89.2 Å². The molecule has 0 aliphatic rings. The zero-order valence-electron chi connectivity index (χ0n) is 13.9. The first kappa shape index (κ1) is 17.8. The minimum atomic E-state index is 0.722. The predicted molar refractivity (Wildman–Crippen MR) is 105 cm³/mol. The van der Waals surface area contributed by atoms with Crippen LogP contribution in [0, 0.1) is 0 Å². The zero-order chi connectivity index (χ0) is 17.5. The Balaban J connectivity index is 1.68. The van der Waals surface area contributed by atoms with E-state index in [1.165, 1.54) is 11.1 Å². The van der Waals surface area contributed by atoms with Gasteiger partial charge in [-0.25, -0.2) is 0 Å². The summed E-state index contributed by atoms with van der Waals surface area (Å²) in [5.41, 5.74) is 2.53. The van der Waals surface area contributed by atoms with E-state index < -0.39 is 0 Å². The van der Waals surface area contributed by atoms with E-state index in [1.54, 1.807) is 11.8 Å². The van der Waals surface area contributed by atoms with Crippen molar-refractivity contribution in [2.24, 2.45) is 0 Å². The van der Waals surface area contributed by atoms with Gasteiger partial charge in [-0.1, -0.05) is 71.9 Å². The quantitative estimate of drug-likeness (QED) is 0.404. The lowest BCUT2D eigenvalue weighted by Gasteiger charge is -2.08. The normalized spacial score (nSPS) is 10.8. The second-order valence-electron chi connectivity index (χ2n) is 5.70. The third-order valence-electron chi connectivity index (χ3n) is 3.87. The Hall–Kier alpha value is -2.04. The fourth-order valence-corrected chi connectivity index (χ4v) is 3.60. The van der Waals surface area contributed by atoms with Crippen LogP contribution in [0.4, 0.5) is 0 Å². The molecule has 0 amide bonds. The molecule has 0 unspecified atom stereocenters. The Morgan fingerprint density at radius 2 is 1.72 bits per heavy atom. The van der Waals surface area contributed by atoms with E-state index in [4.69, 9.17) is 11.6 Å². The van der Waals surface area contributed by atoms with E-state index in [1.807, 2.05) is 36.4 Å². The number of thioether (sulfide) groups is 1. The predicted octanol–water partition coefficient (Wildman–Crippen LogP) is 5.20. The van der Waals surface area contributed by atoms with Crippen molar-refractivity contribution in [2.45, 2.75) is 30.3 Å². The summed E-state index contributed by atoms with van der Waals surface area (Å²) >= 11 is 7.63. The molecular formula is C20H20ClN3S. The molecule has 0 radical (unpaired) electrons. The number of hydrogen-bond acceptors (Lipinski definition) is 3. The summed E-state index contributed by atoms with van der Waals surface area (Å²) in [6.07, 6.45) is 3.71. The van der Waals surface area contributed by atoms with E-state index in [0.717, 1.165) is 41.1 Å². The molecule has 0 fully saturated rings. The monoisotopic (exact) mass is 369 g/mol. The molecule has 0 aliphatic heterocycles. The highest BCUT2D eigenvalue weighted by Crippen LogP contribution is 2.23. The second-order valence-corrected chi connectivity index (χ2v) is 7.08. The first-order valence-electron chi connectivity index (χ1n) is 8.20. The molecule has 1 heterocycles. The van der Waals surface area contributed by atoms with Crippen LogP contribution in [-0.2, 0) is 25.1 Å². The van der Waals surface area contributed by atoms with Crippen LogP contribution in [0.3, 0.4) is 0 Å². The lowest BCUT2D eigenvalue weighted by atomic mass is 10.1. The number of halogens is 1. The molecule has 3 nitrogen and oxygen atoms in total. The molecule has 3 aromatic rings. The van der Waals surface area contributed by atoms with E-state index in [2.05, 4.69) is 45.6 Å². The van der Waals surface area contributed by atoms with Gasteiger partial charge in [0.25, 0.3) is 0 Å². The minimum Gasteiger partial charge on any atom is -0.302 e. The summed E-state index contributed by atoms with van der Waals surface area (Å²) in [6, 6.07) is 18.4. The maximum Gasteiger partial charge on any atom is 0.191 e. The molecule has 2 aromatic carbocycles. The average Bonchev–Trinajstić information content (AvgIpc) is 3.03. The van der Waals surface area contributed by atoms with Crippen molar-refractivity contribution in [3.63, 3.8) is 0 Å². The molecule has 0 aliphatic carbocycles. The zero-order valence-corrected chi connectivity index (χ0v) is 15.5. The van der Waals surface area contributed by atoms with E-state index >= 15 is 0 Å². The standard InChI is InChI=1S/C20H20ClN3S/c1-2-14-24-19(13-10-16-6-4-3-5-7-16)22-23-20(24)25-15-17-8-11-18(21)12-9-17/h2-9,11-12H,1,10,13-15H2. The van der Waals surface area contributed by atoms with E-state index in [-0.39, 0.29) is 0 Å².